The number of hydrogen-bond donors (Lipinski definition) is 4. The first-order valence-electron chi connectivity index (χ1n) is 7.13. The molecule has 2 aliphatic rings. The smallest absolute Gasteiger partial charge is 0.329 e. The number of rotatable bonds is 3. The predicted molar refractivity (Wildman–Crippen MR) is 71.2 cm³/mol. The van der Waals surface area contributed by atoms with Crippen molar-refractivity contribution in [2.24, 2.45) is 0 Å². The van der Waals surface area contributed by atoms with Crippen LogP contribution in [0.1, 0.15) is 44.9 Å². The number of amides is 3. The quantitative estimate of drug-likeness (QED) is 0.599. The second-order valence-electron chi connectivity index (χ2n) is 5.53. The molecule has 7 heteroatoms. The highest BCUT2D eigenvalue weighted by atomic mass is 16.4. The largest absolute Gasteiger partial charge is 0.480 e. The van der Waals surface area contributed by atoms with Crippen molar-refractivity contribution in [1.29, 1.82) is 0 Å². The van der Waals surface area contributed by atoms with Crippen LogP contribution in [0.5, 0.6) is 0 Å². The first-order chi connectivity index (χ1) is 9.53. The van der Waals surface area contributed by atoms with Crippen LogP contribution in [0.3, 0.4) is 0 Å². The van der Waals surface area contributed by atoms with Gasteiger partial charge in [-0.05, 0) is 25.7 Å². The summed E-state index contributed by atoms with van der Waals surface area (Å²) in [5.41, 5.74) is -1.19. The Bertz CT molecular complexity index is 404. The Kier molecular flexibility index (Phi) is 4.46. The van der Waals surface area contributed by atoms with Crippen molar-refractivity contribution in [3.05, 3.63) is 0 Å². The lowest BCUT2D eigenvalue weighted by Crippen LogP contribution is -2.61. The predicted octanol–water partition coefficient (Wildman–Crippen LogP) is 0.352. The SMILES string of the molecule is O=C(NC1CCCNC1=O)NC1(C(=O)O)CCCCC1. The number of carbonyl (C=O) groups is 3. The van der Waals surface area contributed by atoms with Crippen LogP contribution in [-0.4, -0.2) is 41.1 Å². The molecule has 0 aromatic rings. The highest BCUT2D eigenvalue weighted by molar-refractivity contribution is 5.90. The number of aliphatic carboxylic acids is 1. The fourth-order valence-corrected chi connectivity index (χ4v) is 2.87. The highest BCUT2D eigenvalue weighted by Gasteiger charge is 2.41. The molecule has 112 valence electrons. The summed E-state index contributed by atoms with van der Waals surface area (Å²) in [6.45, 7) is 0.623. The molecule has 1 saturated heterocycles. The second kappa shape index (κ2) is 6.11. The summed E-state index contributed by atoms with van der Waals surface area (Å²) >= 11 is 0. The van der Waals surface area contributed by atoms with E-state index in [0.29, 0.717) is 25.8 Å². The minimum atomic E-state index is -1.19. The average Bonchev–Trinajstić information content (AvgIpc) is 2.42. The van der Waals surface area contributed by atoms with Gasteiger partial charge in [0, 0.05) is 6.54 Å². The van der Waals surface area contributed by atoms with Crippen molar-refractivity contribution < 1.29 is 19.5 Å². The van der Waals surface area contributed by atoms with Crippen molar-refractivity contribution in [1.82, 2.24) is 16.0 Å². The van der Waals surface area contributed by atoms with Gasteiger partial charge in [-0.2, -0.15) is 0 Å². The molecule has 0 aromatic carbocycles. The molecular formula is C13H21N3O4. The minimum absolute atomic E-state index is 0.209. The van der Waals surface area contributed by atoms with Gasteiger partial charge in [-0.25, -0.2) is 9.59 Å². The molecule has 0 spiro atoms. The van der Waals surface area contributed by atoms with Crippen molar-refractivity contribution in [2.75, 3.05) is 6.54 Å². The molecule has 4 N–H and O–H groups in total. The second-order valence-corrected chi connectivity index (χ2v) is 5.53. The average molecular weight is 283 g/mol. The Labute approximate surface area is 117 Å². The molecule has 1 unspecified atom stereocenters. The zero-order chi connectivity index (χ0) is 14.6. The molecule has 2 rings (SSSR count). The maximum atomic E-state index is 12.0. The van der Waals surface area contributed by atoms with Crippen LogP contribution >= 0.6 is 0 Å². The third-order valence-corrected chi connectivity index (χ3v) is 4.06. The van der Waals surface area contributed by atoms with E-state index in [1.54, 1.807) is 0 Å². The fraction of sp³-hybridized carbons (Fsp3) is 0.769. The summed E-state index contributed by atoms with van der Waals surface area (Å²) < 4.78 is 0. The number of hydrogen-bond acceptors (Lipinski definition) is 3. The topological polar surface area (TPSA) is 108 Å². The van der Waals surface area contributed by atoms with Gasteiger partial charge in [-0.3, -0.25) is 4.79 Å². The summed E-state index contributed by atoms with van der Waals surface area (Å²) in [6, 6.07) is -1.14. The molecule has 1 aliphatic carbocycles. The number of piperidine rings is 1. The Balaban J connectivity index is 1.94. The van der Waals surface area contributed by atoms with Crippen molar-refractivity contribution in [3.8, 4) is 0 Å². The molecule has 1 heterocycles. The zero-order valence-corrected chi connectivity index (χ0v) is 11.4. The van der Waals surface area contributed by atoms with Gasteiger partial charge in [0.15, 0.2) is 0 Å². The third kappa shape index (κ3) is 3.20. The Morgan fingerprint density at radius 2 is 1.90 bits per heavy atom. The maximum absolute atomic E-state index is 12.0. The Morgan fingerprint density at radius 3 is 2.50 bits per heavy atom. The van der Waals surface area contributed by atoms with Gasteiger partial charge < -0.3 is 21.1 Å². The molecular weight excluding hydrogens is 262 g/mol. The normalized spacial score (nSPS) is 25.4. The van der Waals surface area contributed by atoms with Crippen molar-refractivity contribution in [3.63, 3.8) is 0 Å². The lowest BCUT2D eigenvalue weighted by molar-refractivity contribution is -0.145. The van der Waals surface area contributed by atoms with E-state index in [1.807, 2.05) is 0 Å². The Morgan fingerprint density at radius 1 is 1.20 bits per heavy atom. The number of carbonyl (C=O) groups excluding carboxylic acids is 2. The highest BCUT2D eigenvalue weighted by Crippen LogP contribution is 2.28. The molecule has 1 atom stereocenters. The zero-order valence-electron chi connectivity index (χ0n) is 11.4. The van der Waals surface area contributed by atoms with Crippen LogP contribution in [0.2, 0.25) is 0 Å². The summed E-state index contributed by atoms with van der Waals surface area (Å²) in [4.78, 5) is 35.0. The third-order valence-electron chi connectivity index (χ3n) is 4.06. The van der Waals surface area contributed by atoms with Gasteiger partial charge in [0.25, 0.3) is 0 Å². The number of nitrogens with one attached hydrogen (secondary N) is 3. The van der Waals surface area contributed by atoms with Crippen LogP contribution in [0, 0.1) is 0 Å². The van der Waals surface area contributed by atoms with Crippen molar-refractivity contribution >= 4 is 17.9 Å². The monoisotopic (exact) mass is 283 g/mol. The number of urea groups is 1. The van der Waals surface area contributed by atoms with Gasteiger partial charge in [0.05, 0.1) is 0 Å². The molecule has 0 radical (unpaired) electrons. The van der Waals surface area contributed by atoms with E-state index < -0.39 is 23.6 Å². The standard InChI is InChI=1S/C13H21N3O4/c17-10-9(5-4-8-14-10)15-12(20)16-13(11(18)19)6-2-1-3-7-13/h9H,1-8H2,(H,14,17)(H,18,19)(H2,15,16,20). The lowest BCUT2D eigenvalue weighted by atomic mass is 9.82. The fourth-order valence-electron chi connectivity index (χ4n) is 2.87. The number of carboxylic acid groups (broad SMARTS) is 1. The molecule has 1 saturated carbocycles. The molecule has 2 fully saturated rings. The first-order valence-corrected chi connectivity index (χ1v) is 7.13. The van der Waals surface area contributed by atoms with E-state index in [-0.39, 0.29) is 5.91 Å². The van der Waals surface area contributed by atoms with Crippen LogP contribution < -0.4 is 16.0 Å². The van der Waals surface area contributed by atoms with Crippen LogP contribution in [0.25, 0.3) is 0 Å². The molecule has 0 bridgehead atoms. The van der Waals surface area contributed by atoms with Gasteiger partial charge in [0.2, 0.25) is 5.91 Å². The van der Waals surface area contributed by atoms with E-state index in [1.165, 1.54) is 0 Å². The van der Waals surface area contributed by atoms with E-state index >= 15 is 0 Å². The molecule has 7 nitrogen and oxygen atoms in total. The molecule has 20 heavy (non-hydrogen) atoms. The summed E-state index contributed by atoms with van der Waals surface area (Å²) in [7, 11) is 0. The van der Waals surface area contributed by atoms with E-state index in [2.05, 4.69) is 16.0 Å². The molecule has 1 aliphatic heterocycles. The Hall–Kier alpha value is -1.79. The van der Waals surface area contributed by atoms with E-state index in [4.69, 9.17) is 0 Å². The van der Waals surface area contributed by atoms with E-state index in [0.717, 1.165) is 25.7 Å². The number of carboxylic acids is 1. The maximum Gasteiger partial charge on any atom is 0.329 e. The minimum Gasteiger partial charge on any atom is -0.480 e. The summed E-state index contributed by atoms with van der Waals surface area (Å²) in [5, 5.41) is 17.2. The van der Waals surface area contributed by atoms with Gasteiger partial charge in [-0.15, -0.1) is 0 Å². The van der Waals surface area contributed by atoms with Crippen molar-refractivity contribution in [2.45, 2.75) is 56.5 Å². The summed E-state index contributed by atoms with van der Waals surface area (Å²) in [5.74, 6) is -1.21. The van der Waals surface area contributed by atoms with E-state index in [9.17, 15) is 19.5 Å². The van der Waals surface area contributed by atoms with Crippen LogP contribution in [0.4, 0.5) is 4.79 Å². The molecule has 0 aromatic heterocycles. The lowest BCUT2D eigenvalue weighted by Gasteiger charge is -2.34. The van der Waals surface area contributed by atoms with Gasteiger partial charge >= 0.3 is 12.0 Å². The summed E-state index contributed by atoms with van der Waals surface area (Å²) in [6.07, 6.45) is 4.83. The molecule has 3 amide bonds. The van der Waals surface area contributed by atoms with Crippen LogP contribution in [-0.2, 0) is 9.59 Å². The first kappa shape index (κ1) is 14.6. The van der Waals surface area contributed by atoms with Crippen LogP contribution in [0.15, 0.2) is 0 Å². The van der Waals surface area contributed by atoms with Gasteiger partial charge in [-0.1, -0.05) is 19.3 Å². The van der Waals surface area contributed by atoms with Gasteiger partial charge in [0.1, 0.15) is 11.6 Å².